The number of rotatable bonds is 8. The molecule has 4 nitrogen and oxygen atoms in total. The minimum atomic E-state index is -2.61. The molecule has 2 aromatic heterocycles. The fraction of sp³-hybridized carbons (Fsp3) is 0.400. The highest BCUT2D eigenvalue weighted by Gasteiger charge is 2.18. The third-order valence-corrected chi connectivity index (χ3v) is 6.57. The molecule has 0 amide bonds. The first kappa shape index (κ1) is 17.6. The highest BCUT2D eigenvalue weighted by atomic mass is 32.2. The molecule has 1 aromatic carbocycles. The molecule has 0 fully saturated rings. The second-order valence-electron chi connectivity index (χ2n) is 4.99. The van der Waals surface area contributed by atoms with Gasteiger partial charge in [-0.2, -0.15) is 8.78 Å². The maximum absolute atomic E-state index is 13.4. The van der Waals surface area contributed by atoms with Crippen LogP contribution in [0.5, 0.6) is 0 Å². The van der Waals surface area contributed by atoms with E-state index in [0.29, 0.717) is 22.6 Å². The quantitative estimate of drug-likeness (QED) is 0.379. The van der Waals surface area contributed by atoms with Crippen LogP contribution in [0.1, 0.15) is 32.1 Å². The zero-order valence-corrected chi connectivity index (χ0v) is 15.4. The van der Waals surface area contributed by atoms with E-state index in [1.54, 1.807) is 36.0 Å². The van der Waals surface area contributed by atoms with Crippen LogP contribution in [-0.4, -0.2) is 25.5 Å². The predicted octanol–water partition coefficient (Wildman–Crippen LogP) is 5.47. The van der Waals surface area contributed by atoms with Crippen LogP contribution < -0.4 is 0 Å². The summed E-state index contributed by atoms with van der Waals surface area (Å²) < 4.78 is 29.4. The SMILES string of the molecule is CCCCSc1nnc(SCc2nc3ccccc3n2C(F)F)s1. The molecule has 0 aliphatic carbocycles. The number of para-hydroxylation sites is 2. The normalized spacial score (nSPS) is 11.7. The molecule has 128 valence electrons. The van der Waals surface area contributed by atoms with Crippen LogP contribution in [0.4, 0.5) is 8.78 Å². The summed E-state index contributed by atoms with van der Waals surface area (Å²) in [5, 5.41) is 8.26. The summed E-state index contributed by atoms with van der Waals surface area (Å²) in [4.78, 5) is 4.33. The summed E-state index contributed by atoms with van der Waals surface area (Å²) >= 11 is 4.59. The maximum Gasteiger partial charge on any atom is 0.320 e. The lowest BCUT2D eigenvalue weighted by Gasteiger charge is -2.06. The molecule has 24 heavy (non-hydrogen) atoms. The lowest BCUT2D eigenvalue weighted by Crippen LogP contribution is -2.03. The van der Waals surface area contributed by atoms with Gasteiger partial charge in [0, 0.05) is 5.75 Å². The highest BCUT2D eigenvalue weighted by Crippen LogP contribution is 2.32. The Morgan fingerprint density at radius 2 is 1.92 bits per heavy atom. The Hall–Kier alpha value is -1.19. The van der Waals surface area contributed by atoms with Gasteiger partial charge in [0.1, 0.15) is 5.82 Å². The number of thioether (sulfide) groups is 2. The van der Waals surface area contributed by atoms with E-state index in [-0.39, 0.29) is 0 Å². The number of aromatic nitrogens is 4. The van der Waals surface area contributed by atoms with Crippen LogP contribution in [0.15, 0.2) is 32.9 Å². The van der Waals surface area contributed by atoms with E-state index in [1.165, 1.54) is 23.1 Å². The molecule has 3 rings (SSSR count). The van der Waals surface area contributed by atoms with Gasteiger partial charge >= 0.3 is 6.55 Å². The van der Waals surface area contributed by atoms with E-state index >= 15 is 0 Å². The molecule has 0 N–H and O–H groups in total. The van der Waals surface area contributed by atoms with Gasteiger partial charge in [0.15, 0.2) is 8.68 Å². The van der Waals surface area contributed by atoms with E-state index in [4.69, 9.17) is 0 Å². The van der Waals surface area contributed by atoms with Gasteiger partial charge < -0.3 is 0 Å². The molecule has 0 aliphatic heterocycles. The fourth-order valence-electron chi connectivity index (χ4n) is 2.16. The monoisotopic (exact) mass is 386 g/mol. The average molecular weight is 387 g/mol. The van der Waals surface area contributed by atoms with Gasteiger partial charge in [-0.1, -0.05) is 60.3 Å². The van der Waals surface area contributed by atoms with Crippen molar-refractivity contribution in [2.75, 3.05) is 5.75 Å². The van der Waals surface area contributed by atoms with Crippen LogP contribution in [0, 0.1) is 0 Å². The van der Waals surface area contributed by atoms with Crippen molar-refractivity contribution in [3.63, 3.8) is 0 Å². The fourth-order valence-corrected chi connectivity index (χ4v) is 5.26. The van der Waals surface area contributed by atoms with Gasteiger partial charge in [-0.25, -0.2) is 4.98 Å². The summed E-state index contributed by atoms with van der Waals surface area (Å²) in [6.45, 7) is -0.459. The predicted molar refractivity (Wildman–Crippen MR) is 96.1 cm³/mol. The number of nitrogens with zero attached hydrogens (tertiary/aromatic N) is 4. The van der Waals surface area contributed by atoms with Crippen molar-refractivity contribution in [3.8, 4) is 0 Å². The van der Waals surface area contributed by atoms with Crippen molar-refractivity contribution in [2.24, 2.45) is 0 Å². The number of imidazole rings is 1. The number of benzene rings is 1. The average Bonchev–Trinajstić information content (AvgIpc) is 3.16. The van der Waals surface area contributed by atoms with Crippen LogP contribution in [-0.2, 0) is 5.75 Å². The van der Waals surface area contributed by atoms with Gasteiger partial charge in [-0.15, -0.1) is 10.2 Å². The molecule has 2 heterocycles. The van der Waals surface area contributed by atoms with Crippen LogP contribution in [0.2, 0.25) is 0 Å². The van der Waals surface area contributed by atoms with Gasteiger partial charge in [0.2, 0.25) is 0 Å². The third kappa shape index (κ3) is 4.07. The van der Waals surface area contributed by atoms with Gasteiger partial charge in [-0.05, 0) is 18.6 Å². The molecule has 0 atom stereocenters. The van der Waals surface area contributed by atoms with Gasteiger partial charge in [0.05, 0.1) is 16.8 Å². The molecule has 0 unspecified atom stereocenters. The Balaban J connectivity index is 1.70. The second-order valence-corrected chi connectivity index (χ2v) is 8.53. The molecule has 9 heteroatoms. The zero-order chi connectivity index (χ0) is 16.9. The number of hydrogen-bond acceptors (Lipinski definition) is 6. The Morgan fingerprint density at radius 3 is 2.67 bits per heavy atom. The van der Waals surface area contributed by atoms with Crippen molar-refractivity contribution in [1.29, 1.82) is 0 Å². The molecule has 0 saturated heterocycles. The Kier molecular flexibility index (Phi) is 6.07. The van der Waals surface area contributed by atoms with Crippen molar-refractivity contribution in [1.82, 2.24) is 19.7 Å². The summed E-state index contributed by atoms with van der Waals surface area (Å²) in [5.74, 6) is 1.72. The summed E-state index contributed by atoms with van der Waals surface area (Å²) in [6.07, 6.45) is 2.29. The number of fused-ring (bicyclic) bond motifs is 1. The van der Waals surface area contributed by atoms with Crippen LogP contribution in [0.25, 0.3) is 11.0 Å². The first-order valence-electron chi connectivity index (χ1n) is 7.52. The molecule has 0 aliphatic rings. The molecule has 0 bridgehead atoms. The van der Waals surface area contributed by atoms with Crippen molar-refractivity contribution < 1.29 is 8.78 Å². The van der Waals surface area contributed by atoms with Crippen LogP contribution >= 0.6 is 34.9 Å². The van der Waals surface area contributed by atoms with Crippen molar-refractivity contribution in [2.45, 2.75) is 40.7 Å². The van der Waals surface area contributed by atoms with E-state index in [0.717, 1.165) is 31.8 Å². The highest BCUT2D eigenvalue weighted by molar-refractivity contribution is 8.02. The summed E-state index contributed by atoms with van der Waals surface area (Å²) in [7, 11) is 0. The van der Waals surface area contributed by atoms with E-state index in [9.17, 15) is 8.78 Å². The summed E-state index contributed by atoms with van der Waals surface area (Å²) in [5.41, 5.74) is 1.04. The number of halogens is 2. The Labute approximate surface area is 151 Å². The number of unbranched alkanes of at least 4 members (excludes halogenated alkanes) is 1. The van der Waals surface area contributed by atoms with E-state index < -0.39 is 6.55 Å². The van der Waals surface area contributed by atoms with Crippen LogP contribution in [0.3, 0.4) is 0 Å². The van der Waals surface area contributed by atoms with E-state index in [2.05, 4.69) is 22.1 Å². The van der Waals surface area contributed by atoms with Gasteiger partial charge in [-0.3, -0.25) is 4.57 Å². The molecule has 0 radical (unpaired) electrons. The molecular weight excluding hydrogens is 370 g/mol. The largest absolute Gasteiger partial charge is 0.320 e. The molecule has 0 saturated carbocycles. The van der Waals surface area contributed by atoms with Gasteiger partial charge in [0.25, 0.3) is 0 Å². The Bertz CT molecular complexity index is 803. The third-order valence-electron chi connectivity index (χ3n) is 3.30. The lowest BCUT2D eigenvalue weighted by molar-refractivity contribution is 0.0722. The Morgan fingerprint density at radius 1 is 1.17 bits per heavy atom. The first-order valence-corrected chi connectivity index (χ1v) is 10.3. The standard InChI is InChI=1S/C15H16F2N4S3/c1-2-3-8-22-14-19-20-15(24-14)23-9-12-18-10-6-4-5-7-11(10)21(12)13(16)17/h4-7,13H,2-3,8-9H2,1H3. The molecule has 3 aromatic rings. The molecule has 0 spiro atoms. The lowest BCUT2D eigenvalue weighted by atomic mass is 10.3. The van der Waals surface area contributed by atoms with Crippen molar-refractivity contribution in [3.05, 3.63) is 30.1 Å². The smallest absolute Gasteiger partial charge is 0.269 e. The minimum absolute atomic E-state index is 0.341. The molecular formula is C15H16F2N4S3. The summed E-state index contributed by atoms with van der Waals surface area (Å²) in [6, 6.07) is 6.95. The maximum atomic E-state index is 13.4. The second kappa shape index (κ2) is 8.26. The van der Waals surface area contributed by atoms with E-state index in [1.807, 2.05) is 0 Å². The minimum Gasteiger partial charge on any atom is -0.269 e. The number of hydrogen-bond donors (Lipinski definition) is 0. The topological polar surface area (TPSA) is 43.6 Å². The zero-order valence-electron chi connectivity index (χ0n) is 13.0. The van der Waals surface area contributed by atoms with Crippen molar-refractivity contribution >= 4 is 45.9 Å². The first-order chi connectivity index (χ1) is 11.7. The number of alkyl halides is 2.